The minimum absolute atomic E-state index is 0.0776. The number of nitrogens with one attached hydrogen (secondary N) is 2. The molecule has 0 radical (unpaired) electrons. The van der Waals surface area contributed by atoms with Crippen LogP contribution in [0, 0.1) is 11.3 Å². The Bertz CT molecular complexity index is 860. The molecule has 0 bridgehead atoms. The smallest absolute Gasteiger partial charge is 0.267 e. The first kappa shape index (κ1) is 18.0. The van der Waals surface area contributed by atoms with Crippen LogP contribution in [0.15, 0.2) is 48.2 Å². The second kappa shape index (κ2) is 7.93. The summed E-state index contributed by atoms with van der Waals surface area (Å²) in [6.45, 7) is 0. The van der Waals surface area contributed by atoms with E-state index in [2.05, 4.69) is 10.6 Å². The molecule has 24 heavy (non-hydrogen) atoms. The number of amides is 1. The van der Waals surface area contributed by atoms with Crippen molar-refractivity contribution in [3.8, 4) is 11.8 Å². The quantitative estimate of drug-likeness (QED) is 0.402. The highest BCUT2D eigenvalue weighted by molar-refractivity contribution is 6.36. The van der Waals surface area contributed by atoms with Crippen LogP contribution in [0.3, 0.4) is 0 Å². The monoisotopic (exact) mass is 381 g/mol. The second-order valence-corrected chi connectivity index (χ2v) is 5.83. The Labute approximate surface area is 153 Å². The number of rotatable bonds is 4. The standard InChI is InChI=1S/C16H10Cl3N3O2/c17-10-1-3-12(19)13(5-10)22-16(24)9(7-20)8-21-14-6-11(18)2-4-15(14)23/h1-6,8,21,23H,(H,22,24)/b9-8-. The average Bonchev–Trinajstić information content (AvgIpc) is 2.54. The molecule has 0 saturated carbocycles. The largest absolute Gasteiger partial charge is 0.506 e. The van der Waals surface area contributed by atoms with Gasteiger partial charge in [-0.3, -0.25) is 4.79 Å². The molecule has 3 N–H and O–H groups in total. The summed E-state index contributed by atoms with van der Waals surface area (Å²) in [5.74, 6) is -0.762. The van der Waals surface area contributed by atoms with Crippen molar-refractivity contribution < 1.29 is 9.90 Å². The zero-order chi connectivity index (χ0) is 17.7. The van der Waals surface area contributed by atoms with Gasteiger partial charge in [0.1, 0.15) is 17.4 Å². The number of anilines is 2. The maximum absolute atomic E-state index is 12.1. The van der Waals surface area contributed by atoms with Gasteiger partial charge in [0.25, 0.3) is 5.91 Å². The Morgan fingerprint density at radius 1 is 1.08 bits per heavy atom. The van der Waals surface area contributed by atoms with Crippen LogP contribution >= 0.6 is 34.8 Å². The summed E-state index contributed by atoms with van der Waals surface area (Å²) in [6.07, 6.45) is 1.15. The van der Waals surface area contributed by atoms with Crippen LogP contribution in [0.2, 0.25) is 15.1 Å². The predicted octanol–water partition coefficient (Wildman–Crippen LogP) is 4.81. The van der Waals surface area contributed by atoms with E-state index >= 15 is 0 Å². The lowest BCUT2D eigenvalue weighted by molar-refractivity contribution is -0.112. The molecular weight excluding hydrogens is 373 g/mol. The average molecular weight is 383 g/mol. The molecule has 0 spiro atoms. The van der Waals surface area contributed by atoms with Crippen molar-refractivity contribution in [1.82, 2.24) is 0 Å². The third-order valence-electron chi connectivity index (χ3n) is 2.87. The summed E-state index contributed by atoms with van der Waals surface area (Å²) >= 11 is 17.6. The fourth-order valence-electron chi connectivity index (χ4n) is 1.71. The molecule has 8 heteroatoms. The van der Waals surface area contributed by atoms with E-state index in [9.17, 15) is 9.90 Å². The molecule has 0 aliphatic rings. The Morgan fingerprint density at radius 3 is 2.38 bits per heavy atom. The van der Waals surface area contributed by atoms with Crippen molar-refractivity contribution in [2.24, 2.45) is 0 Å². The first-order valence-corrected chi connectivity index (χ1v) is 7.66. The van der Waals surface area contributed by atoms with Gasteiger partial charge in [-0.15, -0.1) is 0 Å². The third kappa shape index (κ3) is 4.56. The van der Waals surface area contributed by atoms with E-state index in [4.69, 9.17) is 40.1 Å². The molecule has 0 atom stereocenters. The van der Waals surface area contributed by atoms with Crippen LogP contribution in [-0.4, -0.2) is 11.0 Å². The molecule has 0 aliphatic heterocycles. The lowest BCUT2D eigenvalue weighted by Gasteiger charge is -2.08. The third-order valence-corrected chi connectivity index (χ3v) is 3.67. The fourth-order valence-corrected chi connectivity index (χ4v) is 2.21. The molecule has 2 aromatic carbocycles. The van der Waals surface area contributed by atoms with Gasteiger partial charge in [0.2, 0.25) is 0 Å². The highest BCUT2D eigenvalue weighted by Crippen LogP contribution is 2.27. The number of nitriles is 1. The number of phenols is 1. The SMILES string of the molecule is N#C/C(=C/Nc1cc(Cl)ccc1O)C(=O)Nc1cc(Cl)ccc1Cl. The van der Waals surface area contributed by atoms with E-state index in [0.29, 0.717) is 10.0 Å². The molecule has 1 amide bonds. The Balaban J connectivity index is 2.18. The van der Waals surface area contributed by atoms with Gasteiger partial charge in [0.15, 0.2) is 0 Å². The zero-order valence-electron chi connectivity index (χ0n) is 12.0. The molecule has 5 nitrogen and oxygen atoms in total. The topological polar surface area (TPSA) is 85.2 Å². The highest BCUT2D eigenvalue weighted by atomic mass is 35.5. The van der Waals surface area contributed by atoms with Gasteiger partial charge in [-0.05, 0) is 36.4 Å². The van der Waals surface area contributed by atoms with Gasteiger partial charge in [0, 0.05) is 16.2 Å². The molecule has 0 unspecified atom stereocenters. The molecule has 0 saturated heterocycles. The van der Waals surface area contributed by atoms with Gasteiger partial charge in [-0.25, -0.2) is 0 Å². The maximum atomic E-state index is 12.1. The number of benzene rings is 2. The molecule has 0 aromatic heterocycles. The van der Waals surface area contributed by atoms with Crippen LogP contribution < -0.4 is 10.6 Å². The summed E-state index contributed by atoms with van der Waals surface area (Å²) in [6, 6.07) is 10.7. The van der Waals surface area contributed by atoms with E-state index in [-0.39, 0.29) is 27.7 Å². The zero-order valence-corrected chi connectivity index (χ0v) is 14.2. The number of aromatic hydroxyl groups is 1. The Hall–Kier alpha value is -2.39. The predicted molar refractivity (Wildman–Crippen MR) is 95.5 cm³/mol. The van der Waals surface area contributed by atoms with Crippen LogP contribution in [0.4, 0.5) is 11.4 Å². The Morgan fingerprint density at radius 2 is 1.71 bits per heavy atom. The molecule has 0 aliphatic carbocycles. The van der Waals surface area contributed by atoms with Crippen molar-refractivity contribution >= 4 is 52.1 Å². The highest BCUT2D eigenvalue weighted by Gasteiger charge is 2.12. The number of halogens is 3. The van der Waals surface area contributed by atoms with Crippen LogP contribution in [-0.2, 0) is 4.79 Å². The number of hydrogen-bond acceptors (Lipinski definition) is 4. The first-order chi connectivity index (χ1) is 11.4. The van der Waals surface area contributed by atoms with E-state index in [1.165, 1.54) is 30.3 Å². The molecule has 0 heterocycles. The normalized spacial score (nSPS) is 10.8. The van der Waals surface area contributed by atoms with Crippen molar-refractivity contribution in [3.63, 3.8) is 0 Å². The maximum Gasteiger partial charge on any atom is 0.267 e. The van der Waals surface area contributed by atoms with Crippen molar-refractivity contribution in [2.45, 2.75) is 0 Å². The van der Waals surface area contributed by atoms with Crippen molar-refractivity contribution in [3.05, 3.63) is 63.2 Å². The summed E-state index contributed by atoms with van der Waals surface area (Å²) in [5, 5.41) is 25.0. The van der Waals surface area contributed by atoms with Gasteiger partial charge >= 0.3 is 0 Å². The molecule has 2 rings (SSSR count). The van der Waals surface area contributed by atoms with Gasteiger partial charge in [-0.2, -0.15) is 5.26 Å². The second-order valence-electron chi connectivity index (χ2n) is 4.55. The van der Waals surface area contributed by atoms with Crippen molar-refractivity contribution in [2.75, 3.05) is 10.6 Å². The summed E-state index contributed by atoms with van der Waals surface area (Å²) in [7, 11) is 0. The lowest BCUT2D eigenvalue weighted by Crippen LogP contribution is -2.14. The number of hydrogen-bond donors (Lipinski definition) is 3. The molecule has 122 valence electrons. The van der Waals surface area contributed by atoms with E-state index in [1.54, 1.807) is 12.1 Å². The van der Waals surface area contributed by atoms with E-state index in [0.717, 1.165) is 6.20 Å². The fraction of sp³-hybridized carbons (Fsp3) is 0. The number of carbonyl (C=O) groups is 1. The van der Waals surface area contributed by atoms with Gasteiger partial charge in [0.05, 0.1) is 16.4 Å². The van der Waals surface area contributed by atoms with Gasteiger partial charge in [-0.1, -0.05) is 34.8 Å². The summed E-state index contributed by atoms with van der Waals surface area (Å²) < 4.78 is 0. The number of nitrogens with zero attached hydrogens (tertiary/aromatic N) is 1. The van der Waals surface area contributed by atoms with Crippen LogP contribution in [0.1, 0.15) is 0 Å². The molecule has 2 aromatic rings. The Kier molecular flexibility index (Phi) is 5.93. The summed E-state index contributed by atoms with van der Waals surface area (Å²) in [5.41, 5.74) is 0.301. The minimum atomic E-state index is -0.685. The van der Waals surface area contributed by atoms with Crippen LogP contribution in [0.25, 0.3) is 0 Å². The van der Waals surface area contributed by atoms with Crippen molar-refractivity contribution in [1.29, 1.82) is 5.26 Å². The molecular formula is C16H10Cl3N3O2. The minimum Gasteiger partial charge on any atom is -0.506 e. The van der Waals surface area contributed by atoms with E-state index < -0.39 is 5.91 Å². The lowest BCUT2D eigenvalue weighted by atomic mass is 10.2. The van der Waals surface area contributed by atoms with Gasteiger partial charge < -0.3 is 15.7 Å². The molecule has 0 fully saturated rings. The van der Waals surface area contributed by atoms with Crippen LogP contribution in [0.5, 0.6) is 5.75 Å². The number of phenolic OH excluding ortho intramolecular Hbond substituents is 1. The number of carbonyl (C=O) groups excluding carboxylic acids is 1. The van der Waals surface area contributed by atoms with E-state index in [1.807, 2.05) is 0 Å². The summed E-state index contributed by atoms with van der Waals surface area (Å²) in [4.78, 5) is 12.1. The first-order valence-electron chi connectivity index (χ1n) is 6.52.